The topological polar surface area (TPSA) is 110 Å². The van der Waals surface area contributed by atoms with Gasteiger partial charge in [-0.3, -0.25) is 24.1 Å². The van der Waals surface area contributed by atoms with Crippen LogP contribution in [0.2, 0.25) is 0 Å². The van der Waals surface area contributed by atoms with Crippen LogP contribution < -0.4 is 5.32 Å². The van der Waals surface area contributed by atoms with E-state index in [4.69, 9.17) is 27.9 Å². The second-order valence-electron chi connectivity index (χ2n) is 11.8. The Balaban J connectivity index is 1.07. The lowest BCUT2D eigenvalue weighted by atomic mass is 9.54. The predicted octanol–water partition coefficient (Wildman–Crippen LogP) is 6.41. The lowest BCUT2D eigenvalue weighted by Gasteiger charge is -2.54. The van der Waals surface area contributed by atoms with Gasteiger partial charge in [0, 0.05) is 15.7 Å². The zero-order chi connectivity index (χ0) is 33.2. The lowest BCUT2D eigenvalue weighted by Crippen LogP contribution is -2.57. The molecule has 4 aromatic rings. The molecule has 4 aliphatic rings. The fourth-order valence-electron chi connectivity index (χ4n) is 7.06. The van der Waals surface area contributed by atoms with Gasteiger partial charge in [0.2, 0.25) is 17.7 Å². The van der Waals surface area contributed by atoms with Gasteiger partial charge in [-0.2, -0.15) is 0 Å². The number of halogens is 3. The number of amides is 3. The van der Waals surface area contributed by atoms with E-state index in [0.717, 1.165) is 9.37 Å². The summed E-state index contributed by atoms with van der Waals surface area (Å²) in [6.07, 6.45) is 0. The summed E-state index contributed by atoms with van der Waals surface area (Å²) >= 11 is 18.2. The maximum absolute atomic E-state index is 14.1. The maximum Gasteiger partial charge on any atom is 0.338 e. The molecule has 1 heterocycles. The fraction of sp³-hybridized carbons (Fsp3) is 0.194. The summed E-state index contributed by atoms with van der Waals surface area (Å²) in [6, 6.07) is 26.0. The molecule has 0 spiro atoms. The minimum atomic E-state index is -1.35. The highest BCUT2D eigenvalue weighted by Gasteiger charge is 2.73. The number of imide groups is 1. The van der Waals surface area contributed by atoms with Crippen LogP contribution in [0.4, 0.5) is 5.69 Å². The van der Waals surface area contributed by atoms with Crippen LogP contribution in [0, 0.1) is 11.8 Å². The number of likely N-dealkylation sites (tertiary alicyclic amines) is 1. The number of esters is 1. The molecule has 47 heavy (non-hydrogen) atoms. The molecule has 0 radical (unpaired) electrons. The van der Waals surface area contributed by atoms with Crippen molar-refractivity contribution >= 4 is 74.3 Å². The summed E-state index contributed by atoms with van der Waals surface area (Å²) in [4.78, 5) is 64.9. The smallest absolute Gasteiger partial charge is 0.338 e. The third-order valence-corrected chi connectivity index (χ3v) is 11.1. The Labute approximate surface area is 288 Å². The Bertz CT molecular complexity index is 1880. The number of hydrogen-bond donors (Lipinski definition) is 1. The number of hydrogen-bond acceptors (Lipinski definition) is 6. The summed E-state index contributed by atoms with van der Waals surface area (Å²) in [7, 11) is 0. The summed E-state index contributed by atoms with van der Waals surface area (Å²) in [5.74, 6) is -4.85. The number of benzene rings is 4. The molecule has 8 rings (SSSR count). The number of anilines is 1. The molecule has 0 unspecified atom stereocenters. The molecule has 3 aliphatic carbocycles. The Hall–Kier alpha value is -4.31. The van der Waals surface area contributed by atoms with Gasteiger partial charge in [0.1, 0.15) is 15.8 Å². The van der Waals surface area contributed by atoms with Gasteiger partial charge in [0.15, 0.2) is 12.4 Å². The molecule has 236 valence electrons. The van der Waals surface area contributed by atoms with E-state index in [1.54, 1.807) is 24.3 Å². The number of ether oxygens (including phenoxy) is 1. The van der Waals surface area contributed by atoms with Crippen molar-refractivity contribution in [2.75, 3.05) is 11.9 Å². The number of ketones is 1. The quantitative estimate of drug-likeness (QED) is 0.102. The van der Waals surface area contributed by atoms with Crippen LogP contribution >= 0.6 is 39.1 Å². The minimum Gasteiger partial charge on any atom is -0.454 e. The number of rotatable bonds is 7. The van der Waals surface area contributed by atoms with Gasteiger partial charge < -0.3 is 10.1 Å². The summed E-state index contributed by atoms with van der Waals surface area (Å²) in [6.45, 7) is 1.04. The molecule has 3 atom stereocenters. The van der Waals surface area contributed by atoms with Crippen molar-refractivity contribution in [3.63, 3.8) is 0 Å². The van der Waals surface area contributed by atoms with Crippen molar-refractivity contribution in [1.29, 1.82) is 0 Å². The van der Waals surface area contributed by atoms with E-state index in [1.165, 1.54) is 31.2 Å². The number of carbonyl (C=O) groups is 5. The number of carbonyl (C=O) groups excluding carboxylic acids is 5. The first kappa shape index (κ1) is 31.3. The van der Waals surface area contributed by atoms with Gasteiger partial charge in [-0.1, -0.05) is 76.6 Å². The molecule has 0 aromatic heterocycles. The highest BCUT2D eigenvalue weighted by Crippen LogP contribution is 2.69. The zero-order valence-electron chi connectivity index (χ0n) is 24.7. The SMILES string of the molecule is C[C@H](C(=O)Nc1ccc(C(=O)OCC(=O)c2ccc(Br)cc2)cc1)N1C(=O)[C@@H]2[C@@H](C1=O)C1(Cl)c3ccccc3C2(Cl)c2ccccc21. The molecule has 3 amide bonds. The zero-order valence-corrected chi connectivity index (χ0v) is 27.8. The highest BCUT2D eigenvalue weighted by molar-refractivity contribution is 9.10. The van der Waals surface area contributed by atoms with E-state index in [1.807, 2.05) is 48.5 Å². The van der Waals surface area contributed by atoms with Crippen molar-refractivity contribution in [3.8, 4) is 0 Å². The number of Topliss-reactive ketones (excluding diaryl/α,β-unsaturated/α-hetero) is 1. The van der Waals surface area contributed by atoms with Gasteiger partial charge in [-0.15, -0.1) is 23.2 Å². The number of alkyl halides is 2. The third-order valence-electron chi connectivity index (χ3n) is 9.27. The van der Waals surface area contributed by atoms with E-state index in [2.05, 4.69) is 21.2 Å². The van der Waals surface area contributed by atoms with Crippen LogP contribution in [0.25, 0.3) is 0 Å². The van der Waals surface area contributed by atoms with Crippen LogP contribution in [-0.4, -0.2) is 47.0 Å². The van der Waals surface area contributed by atoms with E-state index >= 15 is 0 Å². The normalized spacial score (nSPS) is 24.2. The Morgan fingerprint density at radius 3 is 1.68 bits per heavy atom. The summed E-state index contributed by atoms with van der Waals surface area (Å²) in [5.41, 5.74) is 3.60. The van der Waals surface area contributed by atoms with Gasteiger partial charge in [0.25, 0.3) is 0 Å². The van der Waals surface area contributed by atoms with Crippen molar-refractivity contribution in [2.24, 2.45) is 11.8 Å². The Kier molecular flexibility index (Phi) is 7.62. The largest absolute Gasteiger partial charge is 0.454 e. The monoisotopic (exact) mass is 730 g/mol. The van der Waals surface area contributed by atoms with Gasteiger partial charge in [0.05, 0.1) is 17.4 Å². The Morgan fingerprint density at radius 2 is 1.21 bits per heavy atom. The molecule has 0 saturated carbocycles. The second kappa shape index (κ2) is 11.4. The minimum absolute atomic E-state index is 0.169. The molecule has 1 aliphatic heterocycles. The van der Waals surface area contributed by atoms with Crippen LogP contribution in [0.15, 0.2) is 102 Å². The van der Waals surface area contributed by atoms with Gasteiger partial charge in [-0.05, 0) is 65.6 Å². The molecule has 1 fully saturated rings. The molecule has 2 bridgehead atoms. The van der Waals surface area contributed by atoms with Crippen LogP contribution in [0.5, 0.6) is 0 Å². The van der Waals surface area contributed by atoms with Crippen LogP contribution in [0.1, 0.15) is 49.9 Å². The summed E-state index contributed by atoms with van der Waals surface area (Å²) in [5, 5.41) is 2.71. The molecule has 4 aromatic carbocycles. The summed E-state index contributed by atoms with van der Waals surface area (Å²) < 4.78 is 5.99. The first-order chi connectivity index (χ1) is 22.5. The van der Waals surface area contributed by atoms with Crippen molar-refractivity contribution in [1.82, 2.24) is 4.90 Å². The average molecular weight is 732 g/mol. The molecular weight excluding hydrogens is 707 g/mol. The van der Waals surface area contributed by atoms with Gasteiger partial charge in [-0.25, -0.2) is 4.79 Å². The molecular formula is C36H25BrCl2N2O6. The molecule has 11 heteroatoms. The van der Waals surface area contributed by atoms with Crippen molar-refractivity contribution in [3.05, 3.63) is 135 Å². The standard InChI is InChI=1S/C36H25BrCl2N2O6/c1-19(31(43)40-23-16-12-21(13-17-23)34(46)47-18-28(42)20-10-14-22(37)15-11-20)41-32(44)29-30(33(41)45)36(39)25-7-3-2-6-24(25)35(29,38)26-8-4-5-9-27(26)36/h2-17,19,29-30H,18H2,1H3,(H,40,43)/t19-,29+,30+,35?,36?/m1/s1. The fourth-order valence-corrected chi connectivity index (χ4v) is 8.42. The average Bonchev–Trinajstić information content (AvgIpc) is 3.36. The van der Waals surface area contributed by atoms with E-state index in [9.17, 15) is 24.0 Å². The first-order valence-corrected chi connectivity index (χ1v) is 16.3. The lowest BCUT2D eigenvalue weighted by molar-refractivity contribution is -0.146. The second-order valence-corrected chi connectivity index (χ2v) is 13.9. The molecule has 8 nitrogen and oxygen atoms in total. The highest BCUT2D eigenvalue weighted by atomic mass is 79.9. The maximum atomic E-state index is 14.1. The number of nitrogens with one attached hydrogen (secondary N) is 1. The van der Waals surface area contributed by atoms with Crippen LogP contribution in [-0.2, 0) is 28.9 Å². The van der Waals surface area contributed by atoms with Crippen LogP contribution in [0.3, 0.4) is 0 Å². The molecule has 1 saturated heterocycles. The van der Waals surface area contributed by atoms with E-state index in [0.29, 0.717) is 33.5 Å². The van der Waals surface area contributed by atoms with Gasteiger partial charge >= 0.3 is 5.97 Å². The predicted molar refractivity (Wildman–Crippen MR) is 178 cm³/mol. The van der Waals surface area contributed by atoms with E-state index < -0.39 is 57.9 Å². The first-order valence-electron chi connectivity index (χ1n) is 14.8. The van der Waals surface area contributed by atoms with Crippen molar-refractivity contribution < 1.29 is 28.7 Å². The third kappa shape index (κ3) is 4.66. The number of nitrogens with zero attached hydrogens (tertiary/aromatic N) is 1. The van der Waals surface area contributed by atoms with E-state index in [-0.39, 0.29) is 11.3 Å². The molecule has 1 N–H and O–H groups in total. The Morgan fingerprint density at radius 1 is 0.766 bits per heavy atom. The van der Waals surface area contributed by atoms with Crippen molar-refractivity contribution in [2.45, 2.75) is 22.7 Å².